The maximum atomic E-state index is 6.54. The van der Waals surface area contributed by atoms with Crippen LogP contribution in [0.3, 0.4) is 0 Å². The summed E-state index contributed by atoms with van der Waals surface area (Å²) in [7, 11) is 2.18. The van der Waals surface area contributed by atoms with Crippen molar-refractivity contribution in [3.63, 3.8) is 0 Å². The Hall–Kier alpha value is -0.860. The highest BCUT2D eigenvalue weighted by atomic mass is 15.1. The van der Waals surface area contributed by atoms with Gasteiger partial charge in [-0.1, -0.05) is 23.8 Å². The zero-order valence-electron chi connectivity index (χ0n) is 12.0. The topological polar surface area (TPSA) is 29.3 Å². The molecule has 1 aliphatic heterocycles. The van der Waals surface area contributed by atoms with Crippen molar-refractivity contribution in [1.29, 1.82) is 0 Å². The molecule has 2 N–H and O–H groups in total. The van der Waals surface area contributed by atoms with E-state index >= 15 is 0 Å². The molecule has 0 bridgehead atoms. The summed E-state index contributed by atoms with van der Waals surface area (Å²) in [6.07, 6.45) is 4.61. The summed E-state index contributed by atoms with van der Waals surface area (Å²) < 4.78 is 0. The highest BCUT2D eigenvalue weighted by molar-refractivity contribution is 5.30. The lowest BCUT2D eigenvalue weighted by Gasteiger charge is -2.38. The van der Waals surface area contributed by atoms with Gasteiger partial charge in [0.05, 0.1) is 0 Å². The van der Waals surface area contributed by atoms with Crippen LogP contribution in [-0.2, 0) is 6.42 Å². The zero-order chi connectivity index (χ0) is 13.2. The van der Waals surface area contributed by atoms with E-state index in [4.69, 9.17) is 5.73 Å². The van der Waals surface area contributed by atoms with E-state index in [1.165, 1.54) is 36.1 Å². The highest BCUT2D eigenvalue weighted by Gasteiger charge is 2.29. The minimum atomic E-state index is 0.0170. The highest BCUT2D eigenvalue weighted by Crippen LogP contribution is 2.24. The molecule has 1 unspecified atom stereocenters. The lowest BCUT2D eigenvalue weighted by molar-refractivity contribution is 0.170. The van der Waals surface area contributed by atoms with E-state index in [9.17, 15) is 0 Å². The Labute approximate surface area is 111 Å². The third kappa shape index (κ3) is 3.33. The number of likely N-dealkylation sites (N-methyl/N-ethyl adjacent to an activating group) is 1. The Kier molecular flexibility index (Phi) is 4.08. The molecular weight excluding hydrogens is 220 g/mol. The maximum absolute atomic E-state index is 6.54. The molecule has 1 heterocycles. The molecule has 1 atom stereocenters. The van der Waals surface area contributed by atoms with Gasteiger partial charge in [0.2, 0.25) is 0 Å². The normalized spacial score (nSPS) is 25.3. The van der Waals surface area contributed by atoms with Gasteiger partial charge >= 0.3 is 0 Å². The first kappa shape index (κ1) is 13.6. The molecule has 100 valence electrons. The molecule has 0 amide bonds. The Bertz CT molecular complexity index is 414. The number of hydrogen-bond acceptors (Lipinski definition) is 2. The fourth-order valence-corrected chi connectivity index (χ4v) is 3.05. The minimum Gasteiger partial charge on any atom is -0.324 e. The summed E-state index contributed by atoms with van der Waals surface area (Å²) in [5.74, 6) is 0. The van der Waals surface area contributed by atoms with Crippen molar-refractivity contribution in [2.45, 2.75) is 45.1 Å². The van der Waals surface area contributed by atoms with Crippen LogP contribution in [0.15, 0.2) is 18.2 Å². The largest absolute Gasteiger partial charge is 0.324 e. The van der Waals surface area contributed by atoms with Crippen LogP contribution in [0.5, 0.6) is 0 Å². The number of nitrogens with two attached hydrogens (primary N) is 1. The van der Waals surface area contributed by atoms with E-state index in [2.05, 4.69) is 44.0 Å². The number of hydrogen-bond donors (Lipinski definition) is 1. The van der Waals surface area contributed by atoms with Crippen LogP contribution in [0.2, 0.25) is 0 Å². The average Bonchev–Trinajstić information content (AvgIpc) is 2.30. The molecule has 1 aromatic carbocycles. The number of likely N-dealkylation sites (tertiary alicyclic amines) is 1. The van der Waals surface area contributed by atoms with Crippen LogP contribution in [0.25, 0.3) is 0 Å². The molecule has 18 heavy (non-hydrogen) atoms. The van der Waals surface area contributed by atoms with E-state index in [-0.39, 0.29) is 5.54 Å². The van der Waals surface area contributed by atoms with Gasteiger partial charge in [-0.25, -0.2) is 0 Å². The van der Waals surface area contributed by atoms with Crippen molar-refractivity contribution in [2.24, 2.45) is 5.73 Å². The molecule has 1 aliphatic rings. The molecule has 0 aromatic heterocycles. The van der Waals surface area contributed by atoms with Crippen molar-refractivity contribution >= 4 is 0 Å². The molecule has 0 saturated carbocycles. The van der Waals surface area contributed by atoms with Gasteiger partial charge in [0, 0.05) is 12.1 Å². The first-order chi connectivity index (χ1) is 8.48. The van der Waals surface area contributed by atoms with Gasteiger partial charge < -0.3 is 10.6 Å². The van der Waals surface area contributed by atoms with Gasteiger partial charge in [-0.15, -0.1) is 0 Å². The molecule has 0 radical (unpaired) electrons. The number of benzene rings is 1. The number of rotatable bonds is 3. The van der Waals surface area contributed by atoms with Gasteiger partial charge in [-0.3, -0.25) is 0 Å². The molecule has 2 nitrogen and oxygen atoms in total. The fraction of sp³-hybridized carbons (Fsp3) is 0.625. The Morgan fingerprint density at radius 3 is 2.83 bits per heavy atom. The number of piperidine rings is 1. The van der Waals surface area contributed by atoms with Crippen molar-refractivity contribution in [2.75, 3.05) is 20.1 Å². The predicted octanol–water partition coefficient (Wildman–Crippen LogP) is 2.66. The summed E-state index contributed by atoms with van der Waals surface area (Å²) in [6.45, 7) is 6.60. The summed E-state index contributed by atoms with van der Waals surface area (Å²) in [4.78, 5) is 2.37. The molecular formula is C16H26N2. The predicted molar refractivity (Wildman–Crippen MR) is 77.9 cm³/mol. The smallest absolute Gasteiger partial charge is 0.0286 e. The van der Waals surface area contributed by atoms with Crippen molar-refractivity contribution in [3.8, 4) is 0 Å². The Morgan fingerprint density at radius 1 is 1.33 bits per heavy atom. The molecule has 1 aromatic rings. The van der Waals surface area contributed by atoms with Crippen molar-refractivity contribution < 1.29 is 0 Å². The zero-order valence-corrected chi connectivity index (χ0v) is 12.0. The van der Waals surface area contributed by atoms with Crippen LogP contribution in [0.1, 0.15) is 36.0 Å². The second-order valence-corrected chi connectivity index (χ2v) is 6.13. The van der Waals surface area contributed by atoms with Gasteiger partial charge in [0.25, 0.3) is 0 Å². The lowest BCUT2D eigenvalue weighted by atomic mass is 9.84. The number of nitrogens with zero attached hydrogens (tertiary/aromatic N) is 1. The number of aryl methyl sites for hydroxylation is 3. The summed E-state index contributed by atoms with van der Waals surface area (Å²) in [6, 6.07) is 6.72. The first-order valence-corrected chi connectivity index (χ1v) is 7.02. The van der Waals surface area contributed by atoms with Crippen LogP contribution in [-0.4, -0.2) is 30.6 Å². The van der Waals surface area contributed by atoms with Gasteiger partial charge in [0.15, 0.2) is 0 Å². The van der Waals surface area contributed by atoms with E-state index in [1.807, 2.05) is 0 Å². The lowest BCUT2D eigenvalue weighted by Crippen LogP contribution is -2.53. The van der Waals surface area contributed by atoms with Crippen LogP contribution >= 0.6 is 0 Å². The molecule has 2 heteroatoms. The van der Waals surface area contributed by atoms with E-state index in [1.54, 1.807) is 0 Å². The molecule has 1 saturated heterocycles. The monoisotopic (exact) mass is 246 g/mol. The quantitative estimate of drug-likeness (QED) is 0.888. The maximum Gasteiger partial charge on any atom is 0.0286 e. The summed E-state index contributed by atoms with van der Waals surface area (Å²) >= 11 is 0. The summed E-state index contributed by atoms with van der Waals surface area (Å²) in [5, 5.41) is 0. The molecule has 0 aliphatic carbocycles. The Morgan fingerprint density at radius 2 is 2.11 bits per heavy atom. The molecule has 2 rings (SSSR count). The minimum absolute atomic E-state index is 0.0170. The third-order valence-electron chi connectivity index (χ3n) is 4.20. The fourth-order valence-electron chi connectivity index (χ4n) is 3.05. The Balaban J connectivity index is 2.00. The standard InChI is InChI=1S/C16H26N2/c1-13-5-6-14(2)15(11-13)7-9-16(17)8-4-10-18(3)12-16/h5-6,11H,4,7-10,12,17H2,1-3H3. The van der Waals surface area contributed by atoms with Gasteiger partial charge in [-0.05, 0) is 64.3 Å². The van der Waals surface area contributed by atoms with Crippen LogP contribution in [0.4, 0.5) is 0 Å². The average molecular weight is 246 g/mol. The first-order valence-electron chi connectivity index (χ1n) is 7.02. The van der Waals surface area contributed by atoms with Crippen molar-refractivity contribution in [1.82, 2.24) is 4.90 Å². The van der Waals surface area contributed by atoms with Crippen LogP contribution < -0.4 is 5.73 Å². The molecule has 0 spiro atoms. The van der Waals surface area contributed by atoms with E-state index < -0.39 is 0 Å². The molecule has 1 fully saturated rings. The summed E-state index contributed by atoms with van der Waals surface area (Å²) in [5.41, 5.74) is 10.8. The van der Waals surface area contributed by atoms with E-state index in [0.29, 0.717) is 0 Å². The second kappa shape index (κ2) is 5.41. The third-order valence-corrected chi connectivity index (χ3v) is 4.20. The van der Waals surface area contributed by atoms with Crippen molar-refractivity contribution in [3.05, 3.63) is 34.9 Å². The SMILES string of the molecule is Cc1ccc(C)c(CCC2(N)CCCN(C)C2)c1. The second-order valence-electron chi connectivity index (χ2n) is 6.13. The van der Waals surface area contributed by atoms with E-state index in [0.717, 1.165) is 19.4 Å². The van der Waals surface area contributed by atoms with Crippen LogP contribution in [0, 0.1) is 13.8 Å². The van der Waals surface area contributed by atoms with Gasteiger partial charge in [-0.2, -0.15) is 0 Å². The van der Waals surface area contributed by atoms with Gasteiger partial charge in [0.1, 0.15) is 0 Å².